The molecule has 2 N–H and O–H groups in total. The maximum Gasteiger partial charge on any atom is 0.191 e. The van der Waals surface area contributed by atoms with E-state index < -0.39 is 0 Å². The number of thiazole rings is 1. The molecule has 1 atom stereocenters. The predicted molar refractivity (Wildman–Crippen MR) is 110 cm³/mol. The third kappa shape index (κ3) is 6.33. The van der Waals surface area contributed by atoms with E-state index in [1.165, 1.54) is 10.4 Å². The summed E-state index contributed by atoms with van der Waals surface area (Å²) in [5, 5.41) is 7.86. The third-order valence-corrected chi connectivity index (χ3v) is 5.07. The normalized spacial score (nSPS) is 12.7. The van der Waals surface area contributed by atoms with E-state index in [-0.39, 0.29) is 6.10 Å². The van der Waals surface area contributed by atoms with E-state index in [9.17, 15) is 0 Å². The lowest BCUT2D eigenvalue weighted by molar-refractivity contribution is 0.215. The molecule has 0 aliphatic heterocycles. The van der Waals surface area contributed by atoms with E-state index in [0.717, 1.165) is 41.7 Å². The van der Waals surface area contributed by atoms with Crippen LogP contribution in [0.15, 0.2) is 29.4 Å². The van der Waals surface area contributed by atoms with Gasteiger partial charge in [-0.25, -0.2) is 4.98 Å². The first-order valence-electron chi connectivity index (χ1n) is 9.13. The summed E-state index contributed by atoms with van der Waals surface area (Å²) >= 11 is 1.74. The van der Waals surface area contributed by atoms with Crippen molar-refractivity contribution in [3.63, 3.8) is 0 Å². The van der Waals surface area contributed by atoms with Gasteiger partial charge >= 0.3 is 0 Å². The maximum absolute atomic E-state index is 6.08. The number of hydrogen-bond acceptors (Lipinski definition) is 4. The molecule has 0 fully saturated rings. The first-order chi connectivity index (χ1) is 12.5. The van der Waals surface area contributed by atoms with Gasteiger partial charge in [0.05, 0.1) is 11.1 Å². The molecular weight excluding hydrogens is 344 g/mol. The Hall–Kier alpha value is -2.08. The molecule has 1 aromatic carbocycles. The highest BCUT2D eigenvalue weighted by Gasteiger charge is 2.09. The lowest BCUT2D eigenvalue weighted by atomic mass is 10.1. The number of aryl methyl sites for hydroxylation is 2. The van der Waals surface area contributed by atoms with Crippen LogP contribution in [0.25, 0.3) is 0 Å². The van der Waals surface area contributed by atoms with Gasteiger partial charge in [-0.15, -0.1) is 11.3 Å². The molecule has 2 rings (SSSR count). The topological polar surface area (TPSA) is 58.5 Å². The van der Waals surface area contributed by atoms with Crippen molar-refractivity contribution in [2.75, 3.05) is 13.6 Å². The molecule has 6 heteroatoms. The molecule has 5 nitrogen and oxygen atoms in total. The third-order valence-electron chi connectivity index (χ3n) is 4.10. The highest BCUT2D eigenvalue weighted by Crippen LogP contribution is 2.22. The van der Waals surface area contributed by atoms with Crippen LogP contribution >= 0.6 is 11.3 Å². The van der Waals surface area contributed by atoms with Gasteiger partial charge in [-0.2, -0.15) is 0 Å². The van der Waals surface area contributed by atoms with Crippen molar-refractivity contribution in [1.29, 1.82) is 0 Å². The zero-order chi connectivity index (χ0) is 18.9. The average Bonchev–Trinajstić information content (AvgIpc) is 3.04. The minimum absolute atomic E-state index is 0.203. The zero-order valence-corrected chi connectivity index (χ0v) is 17.2. The monoisotopic (exact) mass is 374 g/mol. The highest BCUT2D eigenvalue weighted by molar-refractivity contribution is 7.11. The lowest BCUT2D eigenvalue weighted by Crippen LogP contribution is -2.38. The highest BCUT2D eigenvalue weighted by atomic mass is 32.1. The van der Waals surface area contributed by atoms with Gasteiger partial charge in [-0.05, 0) is 38.8 Å². The minimum Gasteiger partial charge on any atom is -0.490 e. The quantitative estimate of drug-likeness (QED) is 0.544. The molecule has 1 heterocycles. The second kappa shape index (κ2) is 10.2. The smallest absolute Gasteiger partial charge is 0.191 e. The van der Waals surface area contributed by atoms with E-state index >= 15 is 0 Å². The Morgan fingerprint density at radius 1 is 1.31 bits per heavy atom. The standard InChI is InChI=1S/C20H30N4OS/c1-6-15(3)25-18-11-14(2)7-8-17(18)13-24-20(21-5)22-10-9-19-23-12-16(4)26-19/h7-8,11-12,15H,6,9-10,13H2,1-5H3,(H2,21,22,24). The van der Waals surface area contributed by atoms with Crippen LogP contribution in [0.5, 0.6) is 5.75 Å². The fourth-order valence-corrected chi connectivity index (χ4v) is 3.21. The number of rotatable bonds is 8. The van der Waals surface area contributed by atoms with Gasteiger partial charge in [0.1, 0.15) is 5.75 Å². The molecule has 0 saturated carbocycles. The minimum atomic E-state index is 0.203. The number of nitrogens with one attached hydrogen (secondary N) is 2. The second-order valence-corrected chi connectivity index (χ2v) is 7.73. The van der Waals surface area contributed by atoms with Crippen LogP contribution in [0, 0.1) is 13.8 Å². The van der Waals surface area contributed by atoms with Gasteiger partial charge in [0.2, 0.25) is 0 Å². The Morgan fingerprint density at radius 3 is 2.77 bits per heavy atom. The molecule has 0 aliphatic carbocycles. The van der Waals surface area contributed by atoms with Crippen LogP contribution < -0.4 is 15.4 Å². The fourth-order valence-electron chi connectivity index (χ4n) is 2.42. The summed E-state index contributed by atoms with van der Waals surface area (Å²) in [7, 11) is 1.79. The average molecular weight is 375 g/mol. The molecule has 26 heavy (non-hydrogen) atoms. The summed E-state index contributed by atoms with van der Waals surface area (Å²) < 4.78 is 6.08. The largest absolute Gasteiger partial charge is 0.490 e. The second-order valence-electron chi connectivity index (χ2n) is 6.42. The first kappa shape index (κ1) is 20.2. The summed E-state index contributed by atoms with van der Waals surface area (Å²) in [6.07, 6.45) is 4.00. The van der Waals surface area contributed by atoms with Gasteiger partial charge < -0.3 is 15.4 Å². The van der Waals surface area contributed by atoms with Crippen LogP contribution in [-0.2, 0) is 13.0 Å². The van der Waals surface area contributed by atoms with Crippen LogP contribution in [0.3, 0.4) is 0 Å². The summed E-state index contributed by atoms with van der Waals surface area (Å²) in [5.74, 6) is 1.73. The van der Waals surface area contributed by atoms with E-state index in [0.29, 0.717) is 6.54 Å². The summed E-state index contributed by atoms with van der Waals surface area (Å²) in [6.45, 7) is 9.87. The summed E-state index contributed by atoms with van der Waals surface area (Å²) in [5.41, 5.74) is 2.34. The Bertz CT molecular complexity index is 726. The molecule has 0 radical (unpaired) electrons. The molecule has 2 aromatic rings. The molecule has 142 valence electrons. The van der Waals surface area contributed by atoms with Gasteiger partial charge in [-0.1, -0.05) is 19.1 Å². The number of aliphatic imine (C=N–C) groups is 1. The number of guanidine groups is 1. The number of aromatic nitrogens is 1. The van der Waals surface area contributed by atoms with Crippen LogP contribution in [0.1, 0.15) is 41.3 Å². The maximum atomic E-state index is 6.08. The number of benzene rings is 1. The SMILES string of the molecule is CCC(C)Oc1cc(C)ccc1CNC(=NC)NCCc1ncc(C)s1. The Morgan fingerprint density at radius 2 is 2.12 bits per heavy atom. The summed E-state index contributed by atoms with van der Waals surface area (Å²) in [4.78, 5) is 9.94. The van der Waals surface area contributed by atoms with E-state index in [4.69, 9.17) is 4.74 Å². The fraction of sp³-hybridized carbons (Fsp3) is 0.500. The molecule has 1 aromatic heterocycles. The van der Waals surface area contributed by atoms with Crippen LogP contribution in [-0.4, -0.2) is 30.6 Å². The van der Waals surface area contributed by atoms with E-state index in [1.54, 1.807) is 18.4 Å². The molecule has 0 spiro atoms. The molecule has 0 bridgehead atoms. The number of hydrogen-bond donors (Lipinski definition) is 2. The molecule has 0 aliphatic rings. The lowest BCUT2D eigenvalue weighted by Gasteiger charge is -2.18. The van der Waals surface area contributed by atoms with Gasteiger partial charge in [0.25, 0.3) is 0 Å². The van der Waals surface area contributed by atoms with Crippen LogP contribution in [0.2, 0.25) is 0 Å². The van der Waals surface area contributed by atoms with Crippen molar-refractivity contribution in [2.24, 2.45) is 4.99 Å². The number of ether oxygens (including phenoxy) is 1. The molecule has 0 amide bonds. The zero-order valence-electron chi connectivity index (χ0n) is 16.4. The van der Waals surface area contributed by atoms with Gasteiger partial charge in [-0.3, -0.25) is 4.99 Å². The van der Waals surface area contributed by atoms with Crippen molar-refractivity contribution in [1.82, 2.24) is 15.6 Å². The van der Waals surface area contributed by atoms with Crippen molar-refractivity contribution >= 4 is 17.3 Å². The molecular formula is C20H30N4OS. The van der Waals surface area contributed by atoms with Crippen molar-refractivity contribution < 1.29 is 4.74 Å². The predicted octanol–water partition coefficient (Wildman–Crippen LogP) is 3.84. The van der Waals surface area contributed by atoms with Crippen molar-refractivity contribution in [3.05, 3.63) is 45.4 Å². The van der Waals surface area contributed by atoms with Crippen molar-refractivity contribution in [3.8, 4) is 5.75 Å². The Balaban J connectivity index is 1.89. The molecule has 1 unspecified atom stereocenters. The van der Waals surface area contributed by atoms with E-state index in [1.807, 2.05) is 6.20 Å². The van der Waals surface area contributed by atoms with Crippen molar-refractivity contribution in [2.45, 2.75) is 53.2 Å². The van der Waals surface area contributed by atoms with E-state index in [2.05, 4.69) is 66.5 Å². The first-order valence-corrected chi connectivity index (χ1v) is 9.95. The van der Waals surface area contributed by atoms with Gasteiger partial charge in [0.15, 0.2) is 5.96 Å². The Labute approximate surface area is 160 Å². The van der Waals surface area contributed by atoms with Gasteiger partial charge in [0, 0.05) is 43.2 Å². The molecule has 0 saturated heterocycles. The Kier molecular flexibility index (Phi) is 7.91. The number of nitrogens with zero attached hydrogens (tertiary/aromatic N) is 2. The van der Waals surface area contributed by atoms with Crippen LogP contribution in [0.4, 0.5) is 0 Å². The summed E-state index contributed by atoms with van der Waals surface area (Å²) in [6, 6.07) is 6.33.